The van der Waals surface area contributed by atoms with Crippen LogP contribution in [-0.2, 0) is 9.53 Å². The van der Waals surface area contributed by atoms with Crippen LogP contribution in [0.15, 0.2) is 0 Å². The molecule has 0 spiro atoms. The Morgan fingerprint density at radius 3 is 2.36 bits per heavy atom. The fraction of sp³-hybridized carbons (Fsp3) is 0.778. The molecule has 0 aliphatic heterocycles. The Morgan fingerprint density at radius 2 is 2.00 bits per heavy atom. The van der Waals surface area contributed by atoms with Gasteiger partial charge in [-0.15, -0.1) is 0 Å². The van der Waals surface area contributed by atoms with Gasteiger partial charge in [0.25, 0.3) is 0 Å². The predicted molar refractivity (Wildman–Crippen MR) is 51.1 cm³/mol. The second-order valence-electron chi connectivity index (χ2n) is 3.25. The Bertz CT molecular complexity index is 203. The minimum absolute atomic E-state index is 0.226. The number of hydrogen-bond donors (Lipinski definition) is 1. The molecule has 0 aromatic rings. The van der Waals surface area contributed by atoms with Crippen LogP contribution in [0.3, 0.4) is 0 Å². The van der Waals surface area contributed by atoms with Crippen molar-refractivity contribution in [3.63, 3.8) is 0 Å². The molecule has 0 bridgehead atoms. The van der Waals surface area contributed by atoms with Crippen molar-refractivity contribution in [3.8, 4) is 0 Å². The highest BCUT2D eigenvalue weighted by Gasteiger charge is 2.17. The van der Waals surface area contributed by atoms with E-state index in [0.717, 1.165) is 0 Å². The standard InChI is InChI=1S/C9H17NO4/c1-4-5-10(6-8(11)12)9(13)14-7(2)3/h7H,4-6H2,1-3H3,(H,11,12). The van der Waals surface area contributed by atoms with Crippen molar-refractivity contribution < 1.29 is 19.4 Å². The average molecular weight is 203 g/mol. The zero-order valence-electron chi connectivity index (χ0n) is 8.82. The van der Waals surface area contributed by atoms with E-state index in [4.69, 9.17) is 9.84 Å². The number of ether oxygens (including phenoxy) is 1. The van der Waals surface area contributed by atoms with Crippen LogP contribution >= 0.6 is 0 Å². The number of carboxylic acids is 1. The number of carbonyl (C=O) groups is 2. The molecule has 0 heterocycles. The molecule has 0 atom stereocenters. The van der Waals surface area contributed by atoms with Crippen LogP contribution < -0.4 is 0 Å². The lowest BCUT2D eigenvalue weighted by atomic mass is 10.4. The van der Waals surface area contributed by atoms with Crippen LogP contribution in [-0.4, -0.2) is 41.3 Å². The van der Waals surface area contributed by atoms with Gasteiger partial charge >= 0.3 is 12.1 Å². The van der Waals surface area contributed by atoms with Gasteiger partial charge in [0.05, 0.1) is 6.10 Å². The van der Waals surface area contributed by atoms with E-state index >= 15 is 0 Å². The smallest absolute Gasteiger partial charge is 0.410 e. The maximum absolute atomic E-state index is 11.3. The number of hydrogen-bond acceptors (Lipinski definition) is 3. The molecule has 1 amide bonds. The lowest BCUT2D eigenvalue weighted by Crippen LogP contribution is -2.37. The summed E-state index contributed by atoms with van der Waals surface area (Å²) in [4.78, 5) is 22.9. The Morgan fingerprint density at radius 1 is 1.43 bits per heavy atom. The summed E-state index contributed by atoms with van der Waals surface area (Å²) in [5.41, 5.74) is 0. The van der Waals surface area contributed by atoms with E-state index in [1.807, 2.05) is 6.92 Å². The van der Waals surface area contributed by atoms with Crippen molar-refractivity contribution in [1.82, 2.24) is 4.90 Å². The summed E-state index contributed by atoms with van der Waals surface area (Å²) >= 11 is 0. The lowest BCUT2D eigenvalue weighted by Gasteiger charge is -2.20. The summed E-state index contributed by atoms with van der Waals surface area (Å²) in [6.45, 7) is 5.42. The van der Waals surface area contributed by atoms with Crippen LogP contribution in [0.5, 0.6) is 0 Å². The largest absolute Gasteiger partial charge is 0.480 e. The van der Waals surface area contributed by atoms with Crippen molar-refractivity contribution in [2.75, 3.05) is 13.1 Å². The lowest BCUT2D eigenvalue weighted by molar-refractivity contribution is -0.138. The molecule has 0 rings (SSSR count). The number of rotatable bonds is 5. The summed E-state index contributed by atoms with van der Waals surface area (Å²) in [6.07, 6.45) is -0.0830. The van der Waals surface area contributed by atoms with Crippen LogP contribution in [0.2, 0.25) is 0 Å². The Balaban J connectivity index is 4.17. The Kier molecular flexibility index (Phi) is 5.67. The van der Waals surface area contributed by atoms with Gasteiger partial charge in [0.15, 0.2) is 0 Å². The average Bonchev–Trinajstić information content (AvgIpc) is 2.01. The summed E-state index contributed by atoms with van der Waals surface area (Å²) in [5, 5.41) is 8.54. The fourth-order valence-corrected chi connectivity index (χ4v) is 0.944. The summed E-state index contributed by atoms with van der Waals surface area (Å²) in [7, 11) is 0. The van der Waals surface area contributed by atoms with Gasteiger partial charge in [0.1, 0.15) is 6.54 Å². The zero-order valence-corrected chi connectivity index (χ0v) is 8.82. The van der Waals surface area contributed by atoms with Gasteiger partial charge in [0.2, 0.25) is 0 Å². The van der Waals surface area contributed by atoms with E-state index in [1.165, 1.54) is 4.90 Å². The molecule has 0 saturated heterocycles. The number of nitrogens with zero attached hydrogens (tertiary/aromatic N) is 1. The Hall–Kier alpha value is -1.26. The molecule has 14 heavy (non-hydrogen) atoms. The predicted octanol–water partition coefficient (Wildman–Crippen LogP) is 1.33. The molecular weight excluding hydrogens is 186 g/mol. The molecule has 0 aromatic carbocycles. The number of amides is 1. The van der Waals surface area contributed by atoms with Gasteiger partial charge in [-0.3, -0.25) is 9.69 Å². The third-order valence-electron chi connectivity index (χ3n) is 1.41. The molecule has 5 nitrogen and oxygen atoms in total. The number of aliphatic carboxylic acids is 1. The molecule has 82 valence electrons. The first kappa shape index (κ1) is 12.7. The van der Waals surface area contributed by atoms with E-state index in [0.29, 0.717) is 13.0 Å². The second kappa shape index (κ2) is 6.23. The molecule has 0 aromatic heterocycles. The van der Waals surface area contributed by atoms with Crippen LogP contribution in [0, 0.1) is 0 Å². The van der Waals surface area contributed by atoms with Crippen LogP contribution in [0.1, 0.15) is 27.2 Å². The molecular formula is C9H17NO4. The quantitative estimate of drug-likeness (QED) is 0.732. The van der Waals surface area contributed by atoms with E-state index in [-0.39, 0.29) is 12.6 Å². The molecule has 0 saturated carbocycles. The fourth-order valence-electron chi connectivity index (χ4n) is 0.944. The van der Waals surface area contributed by atoms with Gasteiger partial charge in [0, 0.05) is 6.54 Å². The van der Waals surface area contributed by atoms with E-state index < -0.39 is 12.1 Å². The highest BCUT2D eigenvalue weighted by molar-refractivity contribution is 5.76. The number of carbonyl (C=O) groups excluding carboxylic acids is 1. The molecule has 5 heteroatoms. The molecule has 0 aliphatic rings. The van der Waals surface area contributed by atoms with Crippen molar-refractivity contribution in [1.29, 1.82) is 0 Å². The van der Waals surface area contributed by atoms with Crippen LogP contribution in [0.4, 0.5) is 4.79 Å². The van der Waals surface area contributed by atoms with E-state index in [9.17, 15) is 9.59 Å². The first-order valence-electron chi connectivity index (χ1n) is 4.64. The molecule has 0 fully saturated rings. The minimum Gasteiger partial charge on any atom is -0.480 e. The summed E-state index contributed by atoms with van der Waals surface area (Å²) < 4.78 is 4.89. The van der Waals surface area contributed by atoms with Crippen LogP contribution in [0.25, 0.3) is 0 Å². The van der Waals surface area contributed by atoms with E-state index in [1.54, 1.807) is 13.8 Å². The third kappa shape index (κ3) is 5.40. The first-order chi connectivity index (χ1) is 6.47. The zero-order chi connectivity index (χ0) is 11.1. The van der Waals surface area contributed by atoms with Crippen molar-refractivity contribution in [3.05, 3.63) is 0 Å². The second-order valence-corrected chi connectivity index (χ2v) is 3.25. The molecule has 0 unspecified atom stereocenters. The topological polar surface area (TPSA) is 66.8 Å². The summed E-state index contributed by atoms with van der Waals surface area (Å²) in [6, 6.07) is 0. The number of carboxylic acid groups (broad SMARTS) is 1. The van der Waals surface area contributed by atoms with Crippen molar-refractivity contribution >= 4 is 12.1 Å². The van der Waals surface area contributed by atoms with E-state index in [2.05, 4.69) is 0 Å². The SMILES string of the molecule is CCCN(CC(=O)O)C(=O)OC(C)C. The van der Waals surface area contributed by atoms with Gasteiger partial charge in [-0.05, 0) is 20.3 Å². The molecule has 0 aliphatic carbocycles. The highest BCUT2D eigenvalue weighted by atomic mass is 16.6. The molecule has 1 N–H and O–H groups in total. The minimum atomic E-state index is -1.03. The maximum Gasteiger partial charge on any atom is 0.410 e. The monoisotopic (exact) mass is 203 g/mol. The first-order valence-corrected chi connectivity index (χ1v) is 4.64. The van der Waals surface area contributed by atoms with Gasteiger partial charge in [-0.1, -0.05) is 6.92 Å². The van der Waals surface area contributed by atoms with Crippen molar-refractivity contribution in [2.24, 2.45) is 0 Å². The highest BCUT2D eigenvalue weighted by Crippen LogP contribution is 1.99. The normalized spacial score (nSPS) is 10.0. The van der Waals surface area contributed by atoms with Gasteiger partial charge in [-0.2, -0.15) is 0 Å². The van der Waals surface area contributed by atoms with Gasteiger partial charge < -0.3 is 9.84 Å². The van der Waals surface area contributed by atoms with Crippen molar-refractivity contribution in [2.45, 2.75) is 33.3 Å². The Labute approximate surface area is 83.6 Å². The molecule has 0 radical (unpaired) electrons. The third-order valence-corrected chi connectivity index (χ3v) is 1.41. The van der Waals surface area contributed by atoms with Gasteiger partial charge in [-0.25, -0.2) is 4.79 Å². The summed E-state index contributed by atoms with van der Waals surface area (Å²) in [5.74, 6) is -1.03. The maximum atomic E-state index is 11.3.